The Morgan fingerprint density at radius 1 is 1.28 bits per heavy atom. The summed E-state index contributed by atoms with van der Waals surface area (Å²) in [5.41, 5.74) is 0.527. The van der Waals surface area contributed by atoms with Crippen molar-refractivity contribution in [2.45, 2.75) is 38.5 Å². The molecule has 3 nitrogen and oxygen atoms in total. The molecular weight excluding hydrogens is 226 g/mol. The van der Waals surface area contributed by atoms with E-state index in [0.29, 0.717) is 5.56 Å². The standard InChI is InChI=1S/C15H21NO2/c17-14-8-4-7-13(11-14)15(18)16-10-9-12-5-2-1-3-6-12/h4,7-8,11-12,17H,1-3,5-6,9-10H2,(H,16,18). The van der Waals surface area contributed by atoms with Gasteiger partial charge in [0.25, 0.3) is 5.91 Å². The molecule has 1 aromatic rings. The van der Waals surface area contributed by atoms with Crippen molar-refractivity contribution in [2.75, 3.05) is 6.54 Å². The highest BCUT2D eigenvalue weighted by Gasteiger charge is 2.13. The third-order valence-corrected chi connectivity index (χ3v) is 3.67. The summed E-state index contributed by atoms with van der Waals surface area (Å²) in [4.78, 5) is 11.8. The van der Waals surface area contributed by atoms with E-state index < -0.39 is 0 Å². The number of hydrogen-bond donors (Lipinski definition) is 2. The summed E-state index contributed by atoms with van der Waals surface area (Å²) in [6, 6.07) is 6.47. The van der Waals surface area contributed by atoms with E-state index in [1.165, 1.54) is 38.2 Å². The molecule has 3 heteroatoms. The van der Waals surface area contributed by atoms with Crippen LogP contribution in [0.5, 0.6) is 5.75 Å². The number of hydrogen-bond acceptors (Lipinski definition) is 2. The second kappa shape index (κ2) is 6.43. The van der Waals surface area contributed by atoms with Crippen molar-refractivity contribution in [3.8, 4) is 5.75 Å². The third kappa shape index (κ3) is 3.76. The molecule has 1 saturated carbocycles. The number of nitrogens with one attached hydrogen (secondary N) is 1. The van der Waals surface area contributed by atoms with Gasteiger partial charge in [0.1, 0.15) is 5.75 Å². The fourth-order valence-electron chi connectivity index (χ4n) is 2.61. The van der Waals surface area contributed by atoms with Crippen LogP contribution in [-0.2, 0) is 0 Å². The molecule has 0 spiro atoms. The molecule has 1 fully saturated rings. The molecular formula is C15H21NO2. The van der Waals surface area contributed by atoms with Crippen LogP contribution in [0.4, 0.5) is 0 Å². The summed E-state index contributed by atoms with van der Waals surface area (Å²) in [7, 11) is 0. The number of aromatic hydroxyl groups is 1. The molecule has 1 amide bonds. The number of phenols is 1. The molecule has 0 heterocycles. The Morgan fingerprint density at radius 2 is 2.06 bits per heavy atom. The Hall–Kier alpha value is -1.51. The maximum absolute atomic E-state index is 11.8. The topological polar surface area (TPSA) is 49.3 Å². The predicted octanol–water partition coefficient (Wildman–Crippen LogP) is 3.09. The smallest absolute Gasteiger partial charge is 0.251 e. The number of rotatable bonds is 4. The van der Waals surface area contributed by atoms with E-state index in [9.17, 15) is 9.90 Å². The average molecular weight is 247 g/mol. The molecule has 0 atom stereocenters. The Labute approximate surface area is 108 Å². The van der Waals surface area contributed by atoms with Crippen molar-refractivity contribution >= 4 is 5.91 Å². The predicted molar refractivity (Wildman–Crippen MR) is 71.6 cm³/mol. The van der Waals surface area contributed by atoms with Gasteiger partial charge in [-0.25, -0.2) is 0 Å². The Kier molecular flexibility index (Phi) is 4.62. The van der Waals surface area contributed by atoms with E-state index in [0.717, 1.165) is 18.9 Å². The Balaban J connectivity index is 1.74. The van der Waals surface area contributed by atoms with E-state index in [4.69, 9.17) is 0 Å². The molecule has 0 radical (unpaired) electrons. The van der Waals surface area contributed by atoms with Crippen LogP contribution in [0.3, 0.4) is 0 Å². The van der Waals surface area contributed by atoms with Gasteiger partial charge in [0.2, 0.25) is 0 Å². The SMILES string of the molecule is O=C(NCCC1CCCCC1)c1cccc(O)c1. The van der Waals surface area contributed by atoms with Gasteiger partial charge in [0, 0.05) is 12.1 Å². The number of phenolic OH excluding ortho intramolecular Hbond substituents is 1. The molecule has 2 N–H and O–H groups in total. The van der Waals surface area contributed by atoms with Crippen molar-refractivity contribution in [2.24, 2.45) is 5.92 Å². The first kappa shape index (κ1) is 12.9. The lowest BCUT2D eigenvalue weighted by Crippen LogP contribution is -2.26. The van der Waals surface area contributed by atoms with Gasteiger partial charge in [-0.05, 0) is 30.5 Å². The Morgan fingerprint density at radius 3 is 2.78 bits per heavy atom. The molecule has 1 aliphatic rings. The summed E-state index contributed by atoms with van der Waals surface area (Å²) in [6.07, 6.45) is 7.73. The van der Waals surface area contributed by atoms with E-state index in [-0.39, 0.29) is 11.7 Å². The number of benzene rings is 1. The average Bonchev–Trinajstić information content (AvgIpc) is 2.40. The van der Waals surface area contributed by atoms with Crippen LogP contribution in [-0.4, -0.2) is 17.6 Å². The maximum Gasteiger partial charge on any atom is 0.251 e. The largest absolute Gasteiger partial charge is 0.508 e. The second-order valence-electron chi connectivity index (χ2n) is 5.10. The van der Waals surface area contributed by atoms with Crippen LogP contribution < -0.4 is 5.32 Å². The highest BCUT2D eigenvalue weighted by atomic mass is 16.3. The van der Waals surface area contributed by atoms with Crippen molar-refractivity contribution in [1.82, 2.24) is 5.32 Å². The summed E-state index contributed by atoms with van der Waals surface area (Å²) >= 11 is 0. The van der Waals surface area contributed by atoms with Crippen molar-refractivity contribution in [3.63, 3.8) is 0 Å². The van der Waals surface area contributed by atoms with Crippen LogP contribution in [0, 0.1) is 5.92 Å². The lowest BCUT2D eigenvalue weighted by Gasteiger charge is -2.21. The van der Waals surface area contributed by atoms with Crippen LogP contribution in [0.15, 0.2) is 24.3 Å². The number of carbonyl (C=O) groups is 1. The molecule has 98 valence electrons. The van der Waals surface area contributed by atoms with Gasteiger partial charge in [-0.3, -0.25) is 4.79 Å². The maximum atomic E-state index is 11.8. The minimum absolute atomic E-state index is 0.0956. The highest BCUT2D eigenvalue weighted by molar-refractivity contribution is 5.94. The first-order valence-corrected chi connectivity index (χ1v) is 6.83. The first-order valence-electron chi connectivity index (χ1n) is 6.83. The molecule has 0 saturated heterocycles. The number of amides is 1. The van der Waals surface area contributed by atoms with Gasteiger partial charge >= 0.3 is 0 Å². The van der Waals surface area contributed by atoms with Crippen LogP contribution in [0.2, 0.25) is 0 Å². The molecule has 0 bridgehead atoms. The lowest BCUT2D eigenvalue weighted by atomic mass is 9.87. The minimum Gasteiger partial charge on any atom is -0.508 e. The quantitative estimate of drug-likeness (QED) is 0.859. The normalized spacial score (nSPS) is 16.4. The van der Waals surface area contributed by atoms with Crippen molar-refractivity contribution < 1.29 is 9.90 Å². The molecule has 0 aromatic heterocycles. The van der Waals surface area contributed by atoms with Crippen LogP contribution >= 0.6 is 0 Å². The molecule has 1 aromatic carbocycles. The molecule has 0 aliphatic heterocycles. The van der Waals surface area contributed by atoms with Gasteiger partial charge in [0.15, 0.2) is 0 Å². The fraction of sp³-hybridized carbons (Fsp3) is 0.533. The summed E-state index contributed by atoms with van der Waals surface area (Å²) < 4.78 is 0. The third-order valence-electron chi connectivity index (χ3n) is 3.67. The highest BCUT2D eigenvalue weighted by Crippen LogP contribution is 2.25. The van der Waals surface area contributed by atoms with Gasteiger partial charge in [-0.15, -0.1) is 0 Å². The second-order valence-corrected chi connectivity index (χ2v) is 5.10. The van der Waals surface area contributed by atoms with Crippen molar-refractivity contribution in [1.29, 1.82) is 0 Å². The van der Waals surface area contributed by atoms with E-state index in [1.54, 1.807) is 18.2 Å². The monoisotopic (exact) mass is 247 g/mol. The molecule has 1 aliphatic carbocycles. The molecule has 0 unspecified atom stereocenters. The van der Waals surface area contributed by atoms with Crippen molar-refractivity contribution in [3.05, 3.63) is 29.8 Å². The zero-order valence-electron chi connectivity index (χ0n) is 10.7. The van der Waals surface area contributed by atoms with E-state index in [1.807, 2.05) is 0 Å². The lowest BCUT2D eigenvalue weighted by molar-refractivity contribution is 0.0950. The summed E-state index contributed by atoms with van der Waals surface area (Å²) in [5.74, 6) is 0.819. The Bertz CT molecular complexity index is 397. The zero-order valence-corrected chi connectivity index (χ0v) is 10.7. The summed E-state index contributed by atoms with van der Waals surface area (Å²) in [5, 5.41) is 12.2. The van der Waals surface area contributed by atoms with Gasteiger partial charge in [-0.1, -0.05) is 38.2 Å². The van der Waals surface area contributed by atoms with Gasteiger partial charge < -0.3 is 10.4 Å². The first-order chi connectivity index (χ1) is 8.75. The van der Waals surface area contributed by atoms with Gasteiger partial charge in [0.05, 0.1) is 0 Å². The summed E-state index contributed by atoms with van der Waals surface area (Å²) in [6.45, 7) is 0.735. The van der Waals surface area contributed by atoms with Gasteiger partial charge in [-0.2, -0.15) is 0 Å². The van der Waals surface area contributed by atoms with Crippen LogP contribution in [0.25, 0.3) is 0 Å². The fourth-order valence-corrected chi connectivity index (χ4v) is 2.61. The van der Waals surface area contributed by atoms with E-state index >= 15 is 0 Å². The van der Waals surface area contributed by atoms with Crippen LogP contribution in [0.1, 0.15) is 48.9 Å². The zero-order chi connectivity index (χ0) is 12.8. The molecule has 18 heavy (non-hydrogen) atoms. The minimum atomic E-state index is -0.0956. The molecule has 2 rings (SSSR count). The van der Waals surface area contributed by atoms with E-state index in [2.05, 4.69) is 5.32 Å². The number of carbonyl (C=O) groups excluding carboxylic acids is 1.